The molecule has 149 heavy (non-hydrogen) atoms. The number of nitrogens with zero attached hydrogens (tertiary/aromatic N) is 20. The maximum Gasteiger partial charge on any atom is 0.232 e. The highest BCUT2D eigenvalue weighted by Gasteiger charge is 2.37. The van der Waals surface area contributed by atoms with E-state index in [4.69, 9.17) is 0 Å². The summed E-state index contributed by atoms with van der Waals surface area (Å²) in [5.41, 5.74) is 11.7. The molecule has 758 valence electrons. The molecule has 4 fully saturated rings. The molecule has 0 aliphatic heterocycles. The molecule has 6 aliphatic rings. The van der Waals surface area contributed by atoms with Gasteiger partial charge >= 0.3 is 0 Å². The molecule has 0 unspecified atom stereocenters. The van der Waals surface area contributed by atoms with Crippen molar-refractivity contribution < 1.29 is 38.4 Å². The Balaban J connectivity index is 0.000000125. The van der Waals surface area contributed by atoms with Crippen LogP contribution in [0.25, 0.3) is 11.1 Å². The van der Waals surface area contributed by atoms with Crippen LogP contribution in [0.2, 0.25) is 0 Å². The second-order valence-corrected chi connectivity index (χ2v) is 44.8. The van der Waals surface area contributed by atoms with Crippen LogP contribution in [0.4, 0.5) is 41.1 Å². The zero-order chi connectivity index (χ0) is 102. The Morgan fingerprint density at radius 1 is 0.221 bits per heavy atom. The first kappa shape index (κ1) is 103. The van der Waals surface area contributed by atoms with E-state index in [1.807, 2.05) is 158 Å². The Bertz CT molecular complexity index is 6720. The van der Waals surface area contributed by atoms with Gasteiger partial charge in [0.05, 0.1) is 51.4 Å². The summed E-state index contributed by atoms with van der Waals surface area (Å²) in [5, 5.41) is 103. The van der Waals surface area contributed by atoms with Gasteiger partial charge in [-0.3, -0.25) is 58.3 Å². The molecule has 22 rings (SSSR count). The molecule has 0 spiro atoms. The number of rotatable bonds is 32. The fraction of sp³-hybridized carbons (Fsp3) is 0.314. The Hall–Kier alpha value is -14.8. The number of allylic oxidation sites excluding steroid dienone is 2. The van der Waals surface area contributed by atoms with Gasteiger partial charge in [-0.05, 0) is 183 Å². The molecule has 4 saturated carbocycles. The quantitative estimate of drug-likeness (QED) is 0.0194. The van der Waals surface area contributed by atoms with Crippen molar-refractivity contribution >= 4 is 190 Å². The fourth-order valence-corrected chi connectivity index (χ4v) is 26.1. The third-order valence-corrected chi connectivity index (χ3v) is 34.0. The van der Waals surface area contributed by atoms with E-state index in [0.29, 0.717) is 89.5 Å². The van der Waals surface area contributed by atoms with Crippen LogP contribution in [-0.2, 0) is 89.7 Å². The van der Waals surface area contributed by atoms with Crippen LogP contribution in [0.3, 0.4) is 0 Å². The third-order valence-electron chi connectivity index (χ3n) is 26.0. The van der Waals surface area contributed by atoms with Crippen molar-refractivity contribution in [3.8, 4) is 0 Å². The first-order valence-electron chi connectivity index (χ1n) is 49.2. The van der Waals surface area contributed by atoms with E-state index in [-0.39, 0.29) is 120 Å². The van der Waals surface area contributed by atoms with E-state index in [1.165, 1.54) is 102 Å². The van der Waals surface area contributed by atoms with E-state index < -0.39 is 0 Å². The highest BCUT2D eigenvalue weighted by molar-refractivity contribution is 7.17. The molecule has 8 N–H and O–H groups in total. The van der Waals surface area contributed by atoms with Crippen LogP contribution in [0.5, 0.6) is 0 Å². The highest BCUT2D eigenvalue weighted by atomic mass is 32.1. The molecule has 12 aromatic heterocycles. The normalized spacial score (nSPS) is 17.9. The molecule has 44 heteroatoms. The second kappa shape index (κ2) is 50.7. The number of aromatic nitrogens is 20. The summed E-state index contributed by atoms with van der Waals surface area (Å²) in [7, 11) is 0. The van der Waals surface area contributed by atoms with E-state index in [2.05, 4.69) is 180 Å². The topological polar surface area (TPSA) is 491 Å². The van der Waals surface area contributed by atoms with Crippen LogP contribution in [0.1, 0.15) is 253 Å². The van der Waals surface area contributed by atoms with Gasteiger partial charge in [0.2, 0.25) is 88.3 Å². The zero-order valence-corrected chi connectivity index (χ0v) is 87.1. The monoisotopic (exact) mass is 2140 g/mol. The Kier molecular flexibility index (Phi) is 35.0. The lowest BCUT2D eigenvalue weighted by Crippen LogP contribution is -2.14. The predicted molar refractivity (Wildman–Crippen MR) is 577 cm³/mol. The molecule has 0 bridgehead atoms. The fourth-order valence-electron chi connectivity index (χ4n) is 18.9. The smallest absolute Gasteiger partial charge is 0.232 e. The highest BCUT2D eigenvalue weighted by Crippen LogP contribution is 2.50. The van der Waals surface area contributed by atoms with Gasteiger partial charge < -0.3 is 42.5 Å². The summed E-state index contributed by atoms with van der Waals surface area (Å²) in [6.07, 6.45) is 29.5. The minimum absolute atomic E-state index is 0.0703. The molecular formula is C105H102N28O8S8. The second-order valence-electron chi connectivity index (χ2n) is 36.7. The molecule has 0 radical (unpaired) electrons. The largest absolute Gasteiger partial charge is 0.300 e. The number of hydrogen-bond acceptors (Lipinski definition) is 36. The summed E-state index contributed by atoms with van der Waals surface area (Å²) in [4.78, 5) is 116. The van der Waals surface area contributed by atoms with Gasteiger partial charge in [0.15, 0.2) is 0 Å². The summed E-state index contributed by atoms with van der Waals surface area (Å²) >= 11 is 11.5. The lowest BCUT2D eigenvalue weighted by Gasteiger charge is -2.25. The first-order valence-corrected chi connectivity index (χ1v) is 55.8. The summed E-state index contributed by atoms with van der Waals surface area (Å²) in [5.74, 6) is 1.05. The molecule has 4 aromatic carbocycles. The van der Waals surface area contributed by atoms with Gasteiger partial charge in [-0.1, -0.05) is 256 Å². The van der Waals surface area contributed by atoms with Crippen LogP contribution < -0.4 is 42.5 Å². The molecule has 0 saturated heterocycles. The summed E-state index contributed by atoms with van der Waals surface area (Å²) < 4.78 is 0. The number of benzene rings is 4. The van der Waals surface area contributed by atoms with Gasteiger partial charge in [-0.15, -0.1) is 81.6 Å². The zero-order valence-electron chi connectivity index (χ0n) is 80.6. The molecular weight excluding hydrogens is 2040 g/mol. The van der Waals surface area contributed by atoms with Crippen molar-refractivity contribution in [1.29, 1.82) is 0 Å². The van der Waals surface area contributed by atoms with Gasteiger partial charge in [-0.25, -0.2) is 0 Å². The van der Waals surface area contributed by atoms with E-state index in [9.17, 15) is 38.4 Å². The van der Waals surface area contributed by atoms with Crippen molar-refractivity contribution in [2.75, 3.05) is 42.5 Å². The van der Waals surface area contributed by atoms with Crippen molar-refractivity contribution in [2.45, 2.75) is 208 Å². The molecule has 8 amide bonds. The maximum atomic E-state index is 12.8. The number of nitrogens with one attached hydrogen (secondary N) is 8. The Labute approximate surface area is 888 Å². The number of pyridine rings is 4. The van der Waals surface area contributed by atoms with Crippen molar-refractivity contribution in [3.63, 3.8) is 0 Å². The molecule has 36 nitrogen and oxygen atoms in total. The number of anilines is 8. The average molecular weight is 2140 g/mol. The lowest BCUT2D eigenvalue weighted by molar-refractivity contribution is -0.116. The SMILES string of the molecule is O=C(CC1=CCc2ccccc21)Nc1nnc([C@@H]2CCC[C@H](c3nnc(NC(=O)CC4=CCc5ccccc54)s3)C2)s1.O=C(Cc1ccccc1)Nc1nnc([C@@H]2CC[C@H](c3nnc(NC(=O)Cc4ccccc4)s3)C2)s1.O=C(Cc1ccccn1)Nc1nnc([C@@H]2CCC[C@@H](c3nnc(NC(=O)Cc4ccccn4)s3)C2)s1.O=C(Cc1ccccn1)Nc1nnc([C@@H]2CCC[C@H](c3nnc(NC(=O)Cc4ccccn4)s3)C2)s1. The van der Waals surface area contributed by atoms with Crippen molar-refractivity contribution in [2.24, 2.45) is 0 Å². The molecule has 6 aliphatic carbocycles. The van der Waals surface area contributed by atoms with E-state index >= 15 is 0 Å². The lowest BCUT2D eigenvalue weighted by atomic mass is 9.82. The average Bonchev–Trinajstić information content (AvgIpc) is 1.66. The predicted octanol–water partition coefficient (Wildman–Crippen LogP) is 19.5. The van der Waals surface area contributed by atoms with Crippen LogP contribution in [0.15, 0.2) is 219 Å². The van der Waals surface area contributed by atoms with Crippen molar-refractivity contribution in [1.82, 2.24) is 102 Å². The Morgan fingerprint density at radius 3 is 0.664 bits per heavy atom. The molecule has 16 aromatic rings. The van der Waals surface area contributed by atoms with Crippen LogP contribution in [-0.4, -0.2) is 149 Å². The van der Waals surface area contributed by atoms with Crippen LogP contribution in [0, 0.1) is 0 Å². The van der Waals surface area contributed by atoms with Crippen LogP contribution >= 0.6 is 90.7 Å². The molecule has 8 atom stereocenters. The van der Waals surface area contributed by atoms with Gasteiger partial charge in [0.25, 0.3) is 0 Å². The van der Waals surface area contributed by atoms with E-state index in [1.54, 1.807) is 24.8 Å². The summed E-state index contributed by atoms with van der Waals surface area (Å²) in [6, 6.07) is 57.7. The standard InChI is InChI=1S/C32H30N6O2S2.C25H24N6O2S2.2C24H24N8O2S2/c39-27(17-21-14-12-19-6-1-3-10-25(19)21)33-31-37-35-29(41-31)23-8-5-9-24(16-23)30-36-38-32(42-30)34-28(40)18-22-15-13-20-7-2-4-11-26(20)22;32-20(13-16-7-3-1-4-8-16)26-24-30-28-22(34-24)18-11-12-19(15-18)23-29-31-25(35-23)27-21(33)14-17-9-5-2-6-10-17;2*33-19(13-17-8-1-3-10-25-17)27-23-31-29-21(35-23)15-6-5-7-16(12-15)22-30-32-24(36-22)28-20(34)14-18-9-2-4-11-26-18/h1-4,6-7,10-11,14-15,23-24H,5,8-9,12-13,16-18H2,(H,33,37,39)(H,34,38,40);1-10,18-19H,11-15H2,(H,26,30,32)(H,27,31,33);2*1-4,8-11,15-16H,5-7,12-14H2,(H,27,31,33)(H,28,32,34)/t23-,24+;18-,19+;15-,16+;15-,16-/m...1/s1. The number of carbonyl (C=O) groups is 8. The molecule has 12 heterocycles. The third kappa shape index (κ3) is 29.2. The van der Waals surface area contributed by atoms with Crippen molar-refractivity contribution in [3.05, 3.63) is 315 Å². The maximum absolute atomic E-state index is 12.8. The minimum atomic E-state index is -0.163. The number of hydrogen-bond donors (Lipinski definition) is 8. The number of amides is 8. The first-order chi connectivity index (χ1) is 72.9. The van der Waals surface area contributed by atoms with E-state index in [0.717, 1.165) is 183 Å². The summed E-state index contributed by atoms with van der Waals surface area (Å²) in [6.45, 7) is 0. The van der Waals surface area contributed by atoms with Gasteiger partial charge in [0.1, 0.15) is 40.1 Å². The van der Waals surface area contributed by atoms with Gasteiger partial charge in [0, 0.05) is 94.9 Å². The number of fused-ring (bicyclic) bond motifs is 2. The minimum Gasteiger partial charge on any atom is -0.300 e. The number of carbonyl (C=O) groups excluding carboxylic acids is 8. The Morgan fingerprint density at radius 2 is 0.430 bits per heavy atom. The van der Waals surface area contributed by atoms with Gasteiger partial charge in [-0.2, -0.15) is 0 Å².